The molecule has 1 atom stereocenters. The van der Waals surface area contributed by atoms with Crippen LogP contribution in [-0.2, 0) is 4.74 Å². The summed E-state index contributed by atoms with van der Waals surface area (Å²) in [6, 6.07) is 7.45. The summed E-state index contributed by atoms with van der Waals surface area (Å²) in [6.07, 6.45) is 1.19. The van der Waals surface area contributed by atoms with E-state index in [-0.39, 0.29) is 18.6 Å². The molecule has 3 N–H and O–H groups in total. The van der Waals surface area contributed by atoms with Crippen LogP contribution in [0.25, 0.3) is 10.8 Å². The number of aliphatic hydroxyl groups excluding tert-OH is 1. The third kappa shape index (κ3) is 2.55. The molecule has 2 aromatic rings. The first-order chi connectivity index (χ1) is 10.2. The highest BCUT2D eigenvalue weighted by Gasteiger charge is 2.26. The Kier molecular flexibility index (Phi) is 3.72. The summed E-state index contributed by atoms with van der Waals surface area (Å²) in [4.78, 5) is 18.5. The Morgan fingerprint density at radius 3 is 2.95 bits per heavy atom. The molecule has 2 heterocycles. The van der Waals surface area contributed by atoms with Crippen LogP contribution in [0.3, 0.4) is 0 Å². The number of hydrogen-bond acceptors (Lipinski definition) is 5. The van der Waals surface area contributed by atoms with Crippen molar-refractivity contribution in [2.45, 2.75) is 6.10 Å². The number of amides is 1. The minimum Gasteiger partial charge on any atom is -0.394 e. The van der Waals surface area contributed by atoms with E-state index in [1.807, 2.05) is 24.3 Å². The van der Waals surface area contributed by atoms with Crippen LogP contribution in [0.2, 0.25) is 0 Å². The molecule has 1 aliphatic rings. The van der Waals surface area contributed by atoms with Crippen LogP contribution in [-0.4, -0.2) is 53.3 Å². The van der Waals surface area contributed by atoms with E-state index >= 15 is 0 Å². The minimum atomic E-state index is -0.323. The lowest BCUT2D eigenvalue weighted by Gasteiger charge is -2.32. The number of pyridine rings is 1. The zero-order valence-corrected chi connectivity index (χ0v) is 11.5. The fraction of sp³-hybridized carbons (Fsp3) is 0.333. The Labute approximate surface area is 122 Å². The highest BCUT2D eigenvalue weighted by Crippen LogP contribution is 2.24. The Morgan fingerprint density at radius 1 is 1.43 bits per heavy atom. The van der Waals surface area contributed by atoms with Gasteiger partial charge in [-0.15, -0.1) is 0 Å². The van der Waals surface area contributed by atoms with Crippen LogP contribution in [0.5, 0.6) is 0 Å². The lowest BCUT2D eigenvalue weighted by molar-refractivity contribution is -0.0446. The second-order valence-electron chi connectivity index (χ2n) is 5.03. The number of nitrogens with zero attached hydrogens (tertiary/aromatic N) is 2. The highest BCUT2D eigenvalue weighted by molar-refractivity contribution is 6.08. The topological polar surface area (TPSA) is 88.7 Å². The van der Waals surface area contributed by atoms with Crippen molar-refractivity contribution in [3.05, 3.63) is 36.0 Å². The molecule has 0 spiro atoms. The summed E-state index contributed by atoms with van der Waals surface area (Å²) in [5.41, 5.74) is 6.38. The number of nitrogens with two attached hydrogens (primary N) is 1. The van der Waals surface area contributed by atoms with Crippen LogP contribution in [0.4, 0.5) is 5.82 Å². The molecule has 6 heteroatoms. The molecule has 0 aliphatic carbocycles. The minimum absolute atomic E-state index is 0.0927. The van der Waals surface area contributed by atoms with Gasteiger partial charge in [0.05, 0.1) is 24.9 Å². The number of fused-ring (bicyclic) bond motifs is 1. The van der Waals surface area contributed by atoms with E-state index in [1.165, 1.54) is 6.20 Å². The van der Waals surface area contributed by atoms with E-state index in [0.717, 1.165) is 10.8 Å². The SMILES string of the molecule is Nc1ncc(C(=O)N2CCOC(CO)C2)c2ccccc12. The molecule has 1 aliphatic heterocycles. The number of aliphatic hydroxyl groups is 1. The standard InChI is InChI=1S/C15H17N3O3/c16-14-12-4-2-1-3-11(12)13(7-17-14)15(20)18-5-6-21-10(8-18)9-19/h1-4,7,10,19H,5-6,8-9H2,(H2,16,17). The van der Waals surface area contributed by atoms with Crippen LogP contribution in [0.1, 0.15) is 10.4 Å². The maximum absolute atomic E-state index is 12.7. The van der Waals surface area contributed by atoms with Crippen LogP contribution in [0.15, 0.2) is 30.5 Å². The smallest absolute Gasteiger partial charge is 0.256 e. The Bertz CT molecular complexity index is 674. The van der Waals surface area contributed by atoms with Gasteiger partial charge in [0.1, 0.15) is 5.82 Å². The van der Waals surface area contributed by atoms with Crippen molar-refractivity contribution in [1.29, 1.82) is 0 Å². The van der Waals surface area contributed by atoms with Gasteiger partial charge in [-0.25, -0.2) is 4.98 Å². The maximum Gasteiger partial charge on any atom is 0.256 e. The second kappa shape index (κ2) is 5.67. The fourth-order valence-electron chi connectivity index (χ4n) is 2.57. The van der Waals surface area contributed by atoms with Crippen molar-refractivity contribution in [3.8, 4) is 0 Å². The lowest BCUT2D eigenvalue weighted by atomic mass is 10.1. The Balaban J connectivity index is 1.96. The predicted octanol–water partition coefficient (Wildman–Crippen LogP) is 0.650. The molecule has 110 valence electrons. The van der Waals surface area contributed by atoms with E-state index in [9.17, 15) is 9.90 Å². The van der Waals surface area contributed by atoms with Gasteiger partial charge in [-0.2, -0.15) is 0 Å². The van der Waals surface area contributed by atoms with Gasteiger partial charge in [-0.3, -0.25) is 4.79 Å². The lowest BCUT2D eigenvalue weighted by Crippen LogP contribution is -2.47. The number of anilines is 1. The number of aromatic nitrogens is 1. The third-order valence-corrected chi connectivity index (χ3v) is 3.69. The van der Waals surface area contributed by atoms with Gasteiger partial charge in [0.15, 0.2) is 0 Å². The zero-order chi connectivity index (χ0) is 14.8. The van der Waals surface area contributed by atoms with E-state index in [1.54, 1.807) is 4.90 Å². The van der Waals surface area contributed by atoms with E-state index in [2.05, 4.69) is 4.98 Å². The summed E-state index contributed by atoms with van der Waals surface area (Å²) in [5.74, 6) is 0.304. The van der Waals surface area contributed by atoms with E-state index in [4.69, 9.17) is 10.5 Å². The summed E-state index contributed by atoms with van der Waals surface area (Å²) in [5, 5.41) is 10.7. The number of morpholine rings is 1. The molecular formula is C15H17N3O3. The number of nitrogen functional groups attached to an aromatic ring is 1. The third-order valence-electron chi connectivity index (χ3n) is 3.69. The first-order valence-electron chi connectivity index (χ1n) is 6.85. The maximum atomic E-state index is 12.7. The molecule has 1 aromatic heterocycles. The first kappa shape index (κ1) is 13.8. The molecule has 1 amide bonds. The number of ether oxygens (including phenoxy) is 1. The number of carbonyl (C=O) groups excluding carboxylic acids is 1. The molecule has 3 rings (SSSR count). The molecule has 0 saturated carbocycles. The van der Waals surface area contributed by atoms with Gasteiger partial charge in [0.25, 0.3) is 5.91 Å². The summed E-state index contributed by atoms with van der Waals surface area (Å²) in [7, 11) is 0. The average Bonchev–Trinajstić information content (AvgIpc) is 2.55. The molecule has 0 radical (unpaired) electrons. The molecular weight excluding hydrogens is 270 g/mol. The molecule has 6 nitrogen and oxygen atoms in total. The summed E-state index contributed by atoms with van der Waals surface area (Å²) >= 11 is 0. The fourth-order valence-corrected chi connectivity index (χ4v) is 2.57. The number of carbonyl (C=O) groups is 1. The first-order valence-corrected chi connectivity index (χ1v) is 6.85. The molecule has 0 bridgehead atoms. The number of rotatable bonds is 2. The Morgan fingerprint density at radius 2 is 2.19 bits per heavy atom. The second-order valence-corrected chi connectivity index (χ2v) is 5.03. The van der Waals surface area contributed by atoms with Crippen LogP contribution < -0.4 is 5.73 Å². The van der Waals surface area contributed by atoms with Gasteiger partial charge < -0.3 is 20.5 Å². The van der Waals surface area contributed by atoms with Gasteiger partial charge in [0, 0.05) is 24.7 Å². The normalized spacial score (nSPS) is 18.9. The van der Waals surface area contributed by atoms with Crippen molar-refractivity contribution in [1.82, 2.24) is 9.88 Å². The number of benzene rings is 1. The zero-order valence-electron chi connectivity index (χ0n) is 11.5. The summed E-state index contributed by atoms with van der Waals surface area (Å²) < 4.78 is 5.37. The monoisotopic (exact) mass is 287 g/mol. The Hall–Kier alpha value is -2.18. The van der Waals surface area contributed by atoms with E-state index in [0.29, 0.717) is 31.1 Å². The van der Waals surface area contributed by atoms with Gasteiger partial charge >= 0.3 is 0 Å². The van der Waals surface area contributed by atoms with Gasteiger partial charge in [-0.05, 0) is 5.39 Å². The van der Waals surface area contributed by atoms with Gasteiger partial charge in [0.2, 0.25) is 0 Å². The van der Waals surface area contributed by atoms with Crippen LogP contribution in [0, 0.1) is 0 Å². The van der Waals surface area contributed by atoms with Crippen molar-refractivity contribution in [2.75, 3.05) is 32.0 Å². The molecule has 1 unspecified atom stereocenters. The van der Waals surface area contributed by atoms with Gasteiger partial charge in [-0.1, -0.05) is 24.3 Å². The quantitative estimate of drug-likeness (QED) is 0.846. The van der Waals surface area contributed by atoms with Crippen molar-refractivity contribution < 1.29 is 14.6 Å². The summed E-state index contributed by atoms with van der Waals surface area (Å²) in [6.45, 7) is 1.23. The van der Waals surface area contributed by atoms with Crippen molar-refractivity contribution >= 4 is 22.5 Å². The van der Waals surface area contributed by atoms with Crippen LogP contribution >= 0.6 is 0 Å². The highest BCUT2D eigenvalue weighted by atomic mass is 16.5. The average molecular weight is 287 g/mol. The molecule has 1 fully saturated rings. The van der Waals surface area contributed by atoms with Crippen molar-refractivity contribution in [2.24, 2.45) is 0 Å². The van der Waals surface area contributed by atoms with E-state index < -0.39 is 0 Å². The largest absolute Gasteiger partial charge is 0.394 e. The number of hydrogen-bond donors (Lipinski definition) is 2. The molecule has 1 aromatic carbocycles. The molecule has 1 saturated heterocycles. The van der Waals surface area contributed by atoms with Crippen molar-refractivity contribution in [3.63, 3.8) is 0 Å². The predicted molar refractivity (Wildman–Crippen MR) is 78.9 cm³/mol. The molecule has 21 heavy (non-hydrogen) atoms.